The van der Waals surface area contributed by atoms with Crippen LogP contribution in [0, 0.1) is 40.9 Å². The van der Waals surface area contributed by atoms with E-state index in [-0.39, 0.29) is 55.0 Å². The van der Waals surface area contributed by atoms with Crippen LogP contribution in [-0.2, 0) is 29.2 Å². The molecule has 0 aromatic rings. The number of hydrogen-bond acceptors (Lipinski definition) is 7. The number of nitrogens with zero attached hydrogens (tertiary/aromatic N) is 2. The number of urea groups is 1. The Bertz CT molecular complexity index is 1490. The molecule has 4 N–H and O–H groups in total. The number of fused-ring (bicyclic) bond motifs is 2. The summed E-state index contributed by atoms with van der Waals surface area (Å²) in [5.41, 5.74) is -0.414. The Balaban J connectivity index is 1.61. The minimum Gasteiger partial charge on any atom is -0.346 e. The van der Waals surface area contributed by atoms with Gasteiger partial charge in [0.1, 0.15) is 12.1 Å². The number of amides is 5. The number of nitrogens with one attached hydrogen (secondary N) is 4. The van der Waals surface area contributed by atoms with E-state index in [0.717, 1.165) is 64.0 Å². The number of carbonyl (C=O) groups excluding carboxylic acids is 5. The van der Waals surface area contributed by atoms with Gasteiger partial charge in [0.25, 0.3) is 5.91 Å². The molecule has 4 fully saturated rings. The fourth-order valence-corrected chi connectivity index (χ4v) is 8.78. The largest absolute Gasteiger partial charge is 0.346 e. The summed E-state index contributed by atoms with van der Waals surface area (Å²) in [7, 11) is -2.05. The highest BCUT2D eigenvalue weighted by atomic mass is 32.2. The molecular weight excluding hydrogens is 673 g/mol. The van der Waals surface area contributed by atoms with E-state index in [2.05, 4.69) is 33.8 Å². The molecule has 0 bridgehead atoms. The van der Waals surface area contributed by atoms with Gasteiger partial charge in [0.05, 0.1) is 12.3 Å². The maximum atomic E-state index is 14.8. The van der Waals surface area contributed by atoms with Crippen LogP contribution in [0.3, 0.4) is 0 Å². The average Bonchev–Trinajstić information content (AvgIpc) is 3.64. The van der Waals surface area contributed by atoms with E-state index in [4.69, 9.17) is 6.42 Å². The Labute approximate surface area is 303 Å². The molecule has 1 heterocycles. The van der Waals surface area contributed by atoms with Crippen molar-refractivity contribution >= 4 is 39.6 Å². The lowest BCUT2D eigenvalue weighted by molar-refractivity contribution is -0.144. The molecule has 1 aliphatic heterocycles. The highest BCUT2D eigenvalue weighted by molar-refractivity contribution is 7.88. The van der Waals surface area contributed by atoms with E-state index < -0.39 is 63.2 Å². The second-order valence-corrected chi connectivity index (χ2v) is 18.3. The number of ketones is 1. The number of carbonyl (C=O) groups is 5. The normalized spacial score (nSPS) is 24.5. The van der Waals surface area contributed by atoms with Crippen LogP contribution in [0.4, 0.5) is 4.79 Å². The summed E-state index contributed by atoms with van der Waals surface area (Å²) in [5.74, 6) is -0.173. The van der Waals surface area contributed by atoms with Gasteiger partial charge in [-0.1, -0.05) is 46.1 Å². The molecule has 6 atom stereocenters. The number of sulfonamides is 1. The van der Waals surface area contributed by atoms with Crippen LogP contribution in [0.2, 0.25) is 0 Å². The zero-order valence-corrected chi connectivity index (χ0v) is 31.8. The van der Waals surface area contributed by atoms with E-state index in [0.29, 0.717) is 6.54 Å². The maximum Gasteiger partial charge on any atom is 0.315 e. The topological polar surface area (TPSA) is 174 Å². The molecule has 284 valence electrons. The fourth-order valence-electron chi connectivity index (χ4n) is 8.36. The van der Waals surface area contributed by atoms with Crippen LogP contribution in [0.25, 0.3) is 0 Å². The van der Waals surface area contributed by atoms with Gasteiger partial charge in [-0.3, -0.25) is 19.2 Å². The highest BCUT2D eigenvalue weighted by Gasteiger charge is 2.64. The van der Waals surface area contributed by atoms with Gasteiger partial charge < -0.3 is 26.2 Å². The van der Waals surface area contributed by atoms with Crippen molar-refractivity contribution in [3.63, 3.8) is 0 Å². The molecule has 4 rings (SSSR count). The van der Waals surface area contributed by atoms with Crippen molar-refractivity contribution in [2.75, 3.05) is 32.9 Å². The first-order chi connectivity index (χ1) is 23.9. The molecule has 14 heteroatoms. The standard InChI is InChI=1S/C37H58N6O7S/c1-8-10-16-27(31(44)33(46)38-21-9-2)39-32(45)30-25-17-18-37(19-20-37)26(25)22-43(30)34(47)29(24-14-12-11-13-15-24)41-35(48)40-28(36(3,4)5)23-42(6)51(7,49)50/h1,9,24-30H,2,10-23H2,3-7H3,(H,38,46)(H,39,45)(H2,40,41,48)/t25-,26-,27?,28+,29-,30-/m0/s1. The summed E-state index contributed by atoms with van der Waals surface area (Å²) in [6.45, 7) is 9.78. The van der Waals surface area contributed by atoms with Crippen LogP contribution in [0.5, 0.6) is 0 Å². The lowest BCUT2D eigenvalue weighted by Gasteiger charge is -2.37. The minimum atomic E-state index is -3.51. The second kappa shape index (κ2) is 16.5. The fraction of sp³-hybridized carbons (Fsp3) is 0.757. The van der Waals surface area contributed by atoms with Crippen LogP contribution in [0.1, 0.15) is 91.4 Å². The van der Waals surface area contributed by atoms with Gasteiger partial charge in [-0.25, -0.2) is 17.5 Å². The lowest BCUT2D eigenvalue weighted by Crippen LogP contribution is -2.61. The molecule has 0 radical (unpaired) electrons. The Kier molecular flexibility index (Phi) is 13.0. The van der Waals surface area contributed by atoms with Crippen LogP contribution in [-0.4, -0.2) is 104 Å². The minimum absolute atomic E-state index is 0.0444. The van der Waals surface area contributed by atoms with Gasteiger partial charge in [0, 0.05) is 39.1 Å². The monoisotopic (exact) mass is 730 g/mol. The van der Waals surface area contributed by atoms with E-state index >= 15 is 0 Å². The first kappa shape index (κ1) is 40.3. The number of terminal acetylenes is 1. The maximum absolute atomic E-state index is 14.8. The molecule has 1 saturated heterocycles. The molecule has 1 unspecified atom stereocenters. The number of likely N-dealkylation sites (tertiary alicyclic amines) is 1. The number of likely N-dealkylation sites (N-methyl/N-ethyl adjacent to an activating group) is 1. The van der Waals surface area contributed by atoms with Crippen LogP contribution < -0.4 is 21.3 Å². The third-order valence-electron chi connectivity index (χ3n) is 11.7. The number of Topliss-reactive ketones (excluding diaryl/α,β-unsaturated/α-hetero) is 1. The first-order valence-corrected chi connectivity index (χ1v) is 20.2. The third kappa shape index (κ3) is 9.71. The van der Waals surface area contributed by atoms with Crippen molar-refractivity contribution in [3.05, 3.63) is 12.7 Å². The summed E-state index contributed by atoms with van der Waals surface area (Å²) in [5, 5.41) is 11.2. The summed E-state index contributed by atoms with van der Waals surface area (Å²) in [6.07, 6.45) is 16.4. The van der Waals surface area contributed by atoms with Crippen molar-refractivity contribution < 1.29 is 32.4 Å². The van der Waals surface area contributed by atoms with Crippen molar-refractivity contribution in [3.8, 4) is 12.3 Å². The highest BCUT2D eigenvalue weighted by Crippen LogP contribution is 2.66. The smallest absolute Gasteiger partial charge is 0.315 e. The average molecular weight is 731 g/mol. The molecule has 13 nitrogen and oxygen atoms in total. The molecule has 51 heavy (non-hydrogen) atoms. The van der Waals surface area contributed by atoms with Crippen molar-refractivity contribution in [1.82, 2.24) is 30.5 Å². The SMILES string of the molecule is C#CCCC(NC(=O)[C@@H]1[C@H]2CCC3(CC3)[C@H]2CN1C(=O)[C@@H](NC(=O)N[C@H](CN(C)S(C)(=O)=O)C(C)(C)C)C1CCCCC1)C(=O)C(=O)NCC=C. The van der Waals surface area contributed by atoms with Gasteiger partial charge in [0.2, 0.25) is 27.6 Å². The predicted octanol–water partition coefficient (Wildman–Crippen LogP) is 2.33. The van der Waals surface area contributed by atoms with Gasteiger partial charge in [0.15, 0.2) is 0 Å². The van der Waals surface area contributed by atoms with E-state index in [1.165, 1.54) is 17.4 Å². The van der Waals surface area contributed by atoms with Crippen molar-refractivity contribution in [2.24, 2.45) is 28.6 Å². The van der Waals surface area contributed by atoms with E-state index in [9.17, 15) is 32.4 Å². The Morgan fingerprint density at radius 1 is 1.04 bits per heavy atom. The Hall–Kier alpha value is -3.44. The summed E-state index contributed by atoms with van der Waals surface area (Å²) < 4.78 is 25.6. The van der Waals surface area contributed by atoms with E-state index in [1.54, 1.807) is 4.90 Å². The first-order valence-electron chi connectivity index (χ1n) is 18.4. The van der Waals surface area contributed by atoms with Gasteiger partial charge in [-0.05, 0) is 73.5 Å². The van der Waals surface area contributed by atoms with Crippen LogP contribution >= 0.6 is 0 Å². The molecule has 0 aromatic heterocycles. The summed E-state index contributed by atoms with van der Waals surface area (Å²) in [4.78, 5) is 70.3. The summed E-state index contributed by atoms with van der Waals surface area (Å²) >= 11 is 0. The van der Waals surface area contributed by atoms with Gasteiger partial charge in [-0.15, -0.1) is 18.9 Å². The zero-order chi connectivity index (χ0) is 37.7. The molecule has 4 aliphatic rings. The molecule has 5 amide bonds. The lowest BCUT2D eigenvalue weighted by atomic mass is 9.83. The third-order valence-corrected chi connectivity index (χ3v) is 13.0. The molecular formula is C37H58N6O7S. The quantitative estimate of drug-likeness (QED) is 0.114. The molecule has 3 aliphatic carbocycles. The zero-order valence-electron chi connectivity index (χ0n) is 31.0. The van der Waals surface area contributed by atoms with Crippen LogP contribution in [0.15, 0.2) is 12.7 Å². The molecule has 0 aromatic carbocycles. The van der Waals surface area contributed by atoms with Crippen molar-refractivity contribution in [1.29, 1.82) is 0 Å². The van der Waals surface area contributed by atoms with Crippen molar-refractivity contribution in [2.45, 2.75) is 116 Å². The molecule has 1 spiro atoms. The number of rotatable bonds is 15. The van der Waals surface area contributed by atoms with Gasteiger partial charge in [-0.2, -0.15) is 0 Å². The van der Waals surface area contributed by atoms with E-state index in [1.807, 2.05) is 20.8 Å². The summed E-state index contributed by atoms with van der Waals surface area (Å²) in [6, 6.07) is -4.10. The number of hydrogen-bond donors (Lipinski definition) is 4. The Morgan fingerprint density at radius 3 is 2.27 bits per heavy atom. The van der Waals surface area contributed by atoms with Gasteiger partial charge >= 0.3 is 6.03 Å². The second-order valence-electron chi connectivity index (χ2n) is 16.2. The molecule has 3 saturated carbocycles. The Morgan fingerprint density at radius 2 is 1.71 bits per heavy atom. The predicted molar refractivity (Wildman–Crippen MR) is 194 cm³/mol.